The van der Waals surface area contributed by atoms with Crippen LogP contribution in [0.3, 0.4) is 0 Å². The predicted molar refractivity (Wildman–Crippen MR) is 77.9 cm³/mol. The van der Waals surface area contributed by atoms with Crippen molar-refractivity contribution in [3.05, 3.63) is 42.2 Å². The molecule has 3 heteroatoms. The molecule has 0 unspecified atom stereocenters. The fourth-order valence-electron chi connectivity index (χ4n) is 1.81. The summed E-state index contributed by atoms with van der Waals surface area (Å²) < 4.78 is 1.81. The summed E-state index contributed by atoms with van der Waals surface area (Å²) in [7, 11) is 0. The summed E-state index contributed by atoms with van der Waals surface area (Å²) in [6.45, 7) is 8.69. The summed E-state index contributed by atoms with van der Waals surface area (Å²) >= 11 is 0. The van der Waals surface area contributed by atoms with E-state index in [1.165, 1.54) is 5.56 Å². The number of nitrogens with zero attached hydrogens (tertiary/aromatic N) is 2. The van der Waals surface area contributed by atoms with E-state index in [0.717, 1.165) is 11.1 Å². The number of benzene rings is 1. The molecule has 0 saturated heterocycles. The third-order valence-electron chi connectivity index (χ3n) is 3.38. The first-order chi connectivity index (χ1) is 8.86. The lowest BCUT2D eigenvalue weighted by molar-refractivity contribution is 0.0451. The van der Waals surface area contributed by atoms with Crippen LogP contribution in [-0.2, 0) is 6.54 Å². The highest BCUT2D eigenvalue weighted by atomic mass is 16.3. The molecule has 19 heavy (non-hydrogen) atoms. The second kappa shape index (κ2) is 5.17. The Morgan fingerprint density at radius 1 is 1.16 bits per heavy atom. The lowest BCUT2D eigenvalue weighted by Gasteiger charge is -2.25. The third-order valence-corrected chi connectivity index (χ3v) is 3.38. The zero-order valence-electron chi connectivity index (χ0n) is 12.1. The van der Waals surface area contributed by atoms with Gasteiger partial charge in [0.1, 0.15) is 0 Å². The summed E-state index contributed by atoms with van der Waals surface area (Å²) in [6, 6.07) is 8.38. The van der Waals surface area contributed by atoms with Gasteiger partial charge in [0.15, 0.2) is 0 Å². The Kier molecular flexibility index (Phi) is 3.76. The van der Waals surface area contributed by atoms with Crippen LogP contribution in [0.1, 0.15) is 26.3 Å². The minimum atomic E-state index is -0.404. The van der Waals surface area contributed by atoms with Crippen LogP contribution in [0.5, 0.6) is 0 Å². The highest BCUT2D eigenvalue weighted by Crippen LogP contribution is 2.22. The number of aryl methyl sites for hydroxylation is 1. The Hall–Kier alpha value is -1.61. The second-order valence-corrected chi connectivity index (χ2v) is 6.20. The Balaban J connectivity index is 2.13. The molecular weight excluding hydrogens is 236 g/mol. The molecular formula is C16H22N2O. The van der Waals surface area contributed by atoms with Gasteiger partial charge in [-0.2, -0.15) is 5.10 Å². The second-order valence-electron chi connectivity index (χ2n) is 6.20. The largest absolute Gasteiger partial charge is 0.391 e. The van der Waals surface area contributed by atoms with E-state index in [9.17, 15) is 5.11 Å². The molecule has 2 rings (SSSR count). The van der Waals surface area contributed by atoms with E-state index in [1.807, 2.05) is 37.8 Å². The van der Waals surface area contributed by atoms with Crippen molar-refractivity contribution in [3.8, 4) is 11.1 Å². The van der Waals surface area contributed by atoms with Crippen molar-refractivity contribution in [1.29, 1.82) is 0 Å². The fourth-order valence-corrected chi connectivity index (χ4v) is 1.81. The van der Waals surface area contributed by atoms with Crippen molar-refractivity contribution >= 4 is 0 Å². The first-order valence-corrected chi connectivity index (χ1v) is 6.64. The molecule has 0 aliphatic rings. The summed E-state index contributed by atoms with van der Waals surface area (Å²) in [5, 5.41) is 14.4. The molecule has 0 saturated carbocycles. The Morgan fingerprint density at radius 2 is 1.79 bits per heavy atom. The number of rotatable bonds is 3. The normalized spacial score (nSPS) is 13.5. The molecule has 1 atom stereocenters. The van der Waals surface area contributed by atoms with Gasteiger partial charge in [-0.25, -0.2) is 0 Å². The van der Waals surface area contributed by atoms with Gasteiger partial charge in [0.25, 0.3) is 0 Å². The number of aromatic nitrogens is 2. The Morgan fingerprint density at radius 3 is 2.37 bits per heavy atom. The molecule has 102 valence electrons. The van der Waals surface area contributed by atoms with Crippen molar-refractivity contribution in [2.45, 2.75) is 40.3 Å². The first kappa shape index (κ1) is 13.8. The van der Waals surface area contributed by atoms with Crippen molar-refractivity contribution in [2.75, 3.05) is 0 Å². The van der Waals surface area contributed by atoms with Gasteiger partial charge < -0.3 is 5.11 Å². The Labute approximate surface area is 114 Å². The van der Waals surface area contributed by atoms with Crippen LogP contribution in [0.25, 0.3) is 11.1 Å². The van der Waals surface area contributed by atoms with E-state index in [1.54, 1.807) is 0 Å². The molecule has 1 N–H and O–H groups in total. The average molecular weight is 258 g/mol. The molecule has 0 fully saturated rings. The topological polar surface area (TPSA) is 38.0 Å². The smallest absolute Gasteiger partial charge is 0.0784 e. The number of hydrogen-bond donors (Lipinski definition) is 1. The first-order valence-electron chi connectivity index (χ1n) is 6.64. The highest BCUT2D eigenvalue weighted by Gasteiger charge is 2.22. The molecule has 0 amide bonds. The maximum Gasteiger partial charge on any atom is 0.0784 e. The maximum atomic E-state index is 10.1. The molecule has 1 aromatic heterocycles. The van der Waals surface area contributed by atoms with Crippen LogP contribution in [0.15, 0.2) is 36.7 Å². The standard InChI is InChI=1S/C16H22N2O/c1-12-5-7-13(8-6-12)14-9-17-18(10-14)11-15(19)16(2,3)4/h5-10,15,19H,11H2,1-4H3/t15-/m1/s1. The van der Waals surface area contributed by atoms with E-state index < -0.39 is 6.10 Å². The molecule has 0 bridgehead atoms. The fraction of sp³-hybridized carbons (Fsp3) is 0.438. The molecule has 0 spiro atoms. The number of aliphatic hydroxyl groups excluding tert-OH is 1. The Bertz CT molecular complexity index is 535. The van der Waals surface area contributed by atoms with E-state index >= 15 is 0 Å². The van der Waals surface area contributed by atoms with Gasteiger partial charge in [0, 0.05) is 11.8 Å². The number of aliphatic hydroxyl groups is 1. The summed E-state index contributed by atoms with van der Waals surface area (Å²) in [6.07, 6.45) is 3.43. The predicted octanol–water partition coefficient (Wildman–Crippen LogP) is 3.27. The summed E-state index contributed by atoms with van der Waals surface area (Å²) in [5.74, 6) is 0. The average Bonchev–Trinajstić information content (AvgIpc) is 2.77. The molecule has 0 aliphatic heterocycles. The zero-order valence-corrected chi connectivity index (χ0v) is 12.1. The van der Waals surface area contributed by atoms with Crippen LogP contribution in [0.4, 0.5) is 0 Å². The van der Waals surface area contributed by atoms with Crippen molar-refractivity contribution in [3.63, 3.8) is 0 Å². The van der Waals surface area contributed by atoms with Crippen molar-refractivity contribution in [2.24, 2.45) is 5.41 Å². The maximum absolute atomic E-state index is 10.1. The molecule has 1 aromatic carbocycles. The highest BCUT2D eigenvalue weighted by molar-refractivity contribution is 5.61. The lowest BCUT2D eigenvalue weighted by atomic mass is 9.89. The lowest BCUT2D eigenvalue weighted by Crippen LogP contribution is -2.30. The molecule has 0 aliphatic carbocycles. The molecule has 2 aromatic rings. The molecule has 1 heterocycles. The van der Waals surface area contributed by atoms with Gasteiger partial charge in [-0.3, -0.25) is 4.68 Å². The van der Waals surface area contributed by atoms with E-state index in [0.29, 0.717) is 6.54 Å². The van der Waals surface area contributed by atoms with Crippen molar-refractivity contribution in [1.82, 2.24) is 9.78 Å². The summed E-state index contributed by atoms with van der Waals surface area (Å²) in [4.78, 5) is 0. The van der Waals surface area contributed by atoms with Gasteiger partial charge in [-0.15, -0.1) is 0 Å². The van der Waals surface area contributed by atoms with Gasteiger partial charge in [0.05, 0.1) is 18.8 Å². The van der Waals surface area contributed by atoms with E-state index in [2.05, 4.69) is 36.3 Å². The van der Waals surface area contributed by atoms with E-state index in [-0.39, 0.29) is 5.41 Å². The molecule has 3 nitrogen and oxygen atoms in total. The third kappa shape index (κ3) is 3.44. The quantitative estimate of drug-likeness (QED) is 0.917. The van der Waals surface area contributed by atoms with Gasteiger partial charge in [0.2, 0.25) is 0 Å². The van der Waals surface area contributed by atoms with Crippen LogP contribution in [-0.4, -0.2) is 21.0 Å². The van der Waals surface area contributed by atoms with Gasteiger partial charge in [-0.1, -0.05) is 50.6 Å². The minimum Gasteiger partial charge on any atom is -0.391 e. The number of hydrogen-bond acceptors (Lipinski definition) is 2. The van der Waals surface area contributed by atoms with Crippen LogP contribution >= 0.6 is 0 Å². The van der Waals surface area contributed by atoms with Crippen LogP contribution in [0, 0.1) is 12.3 Å². The van der Waals surface area contributed by atoms with Crippen molar-refractivity contribution < 1.29 is 5.11 Å². The monoisotopic (exact) mass is 258 g/mol. The van der Waals surface area contributed by atoms with Crippen LogP contribution < -0.4 is 0 Å². The zero-order chi connectivity index (χ0) is 14.0. The summed E-state index contributed by atoms with van der Waals surface area (Å²) in [5.41, 5.74) is 3.36. The van der Waals surface area contributed by atoms with E-state index in [4.69, 9.17) is 0 Å². The van der Waals surface area contributed by atoms with Gasteiger partial charge in [-0.05, 0) is 17.9 Å². The SMILES string of the molecule is Cc1ccc(-c2cnn(C[C@@H](O)C(C)(C)C)c2)cc1. The van der Waals surface area contributed by atoms with Gasteiger partial charge >= 0.3 is 0 Å². The minimum absolute atomic E-state index is 0.129. The molecule has 0 radical (unpaired) electrons. The van der Waals surface area contributed by atoms with Crippen LogP contribution in [0.2, 0.25) is 0 Å².